The van der Waals surface area contributed by atoms with Crippen molar-refractivity contribution in [1.82, 2.24) is 9.97 Å². The predicted octanol–water partition coefficient (Wildman–Crippen LogP) is 2.75. The number of aromatic nitrogens is 2. The second kappa shape index (κ2) is 7.05. The lowest BCUT2D eigenvalue weighted by molar-refractivity contribution is -0.133. The van der Waals surface area contributed by atoms with Crippen LogP contribution in [0.4, 0.5) is 0 Å². The number of nitrogens with zero attached hydrogens (tertiary/aromatic N) is 2. The molecule has 5 heteroatoms. The molecule has 4 nitrogen and oxygen atoms in total. The first kappa shape index (κ1) is 14.5. The van der Waals surface area contributed by atoms with Crippen molar-refractivity contribution in [1.29, 1.82) is 0 Å². The van der Waals surface area contributed by atoms with Crippen LogP contribution < -0.4 is 0 Å². The largest absolute Gasteiger partial charge is 0.481 e. The molecule has 0 saturated heterocycles. The highest BCUT2D eigenvalue weighted by molar-refractivity contribution is 7.99. The van der Waals surface area contributed by atoms with Crippen LogP contribution in [0.3, 0.4) is 0 Å². The molecule has 0 amide bonds. The standard InChI is InChI=1S/C15H16N2O2S/c1-11-9-14(20-10-15(18)19)17-13(16-11)8-7-12-5-3-2-4-6-12/h2-6,9H,7-8,10H2,1H3,(H,18,19). The van der Waals surface area contributed by atoms with E-state index in [2.05, 4.69) is 22.1 Å². The highest BCUT2D eigenvalue weighted by Crippen LogP contribution is 2.16. The zero-order valence-electron chi connectivity index (χ0n) is 11.2. The third-order valence-corrected chi connectivity index (χ3v) is 3.60. The van der Waals surface area contributed by atoms with Crippen LogP contribution in [0.25, 0.3) is 0 Å². The Kier molecular flexibility index (Phi) is 5.12. The van der Waals surface area contributed by atoms with Gasteiger partial charge in [-0.15, -0.1) is 0 Å². The summed E-state index contributed by atoms with van der Waals surface area (Å²) in [4.78, 5) is 19.4. The number of thioether (sulfide) groups is 1. The third-order valence-electron chi connectivity index (χ3n) is 2.70. The maximum atomic E-state index is 10.6. The summed E-state index contributed by atoms with van der Waals surface area (Å²) in [5, 5.41) is 9.43. The molecule has 2 aromatic rings. The molecule has 0 saturated carbocycles. The van der Waals surface area contributed by atoms with Crippen molar-refractivity contribution >= 4 is 17.7 Å². The number of hydrogen-bond acceptors (Lipinski definition) is 4. The van der Waals surface area contributed by atoms with Crippen molar-refractivity contribution in [3.63, 3.8) is 0 Å². The maximum absolute atomic E-state index is 10.6. The first-order valence-corrected chi connectivity index (χ1v) is 7.35. The Hall–Kier alpha value is -1.88. The second-order valence-electron chi connectivity index (χ2n) is 4.43. The lowest BCUT2D eigenvalue weighted by Gasteiger charge is -2.05. The number of hydrogen-bond donors (Lipinski definition) is 1. The van der Waals surface area contributed by atoms with Crippen molar-refractivity contribution < 1.29 is 9.90 Å². The summed E-state index contributed by atoms with van der Waals surface area (Å²) < 4.78 is 0. The van der Waals surface area contributed by atoms with E-state index < -0.39 is 5.97 Å². The Morgan fingerprint density at radius 3 is 2.65 bits per heavy atom. The minimum absolute atomic E-state index is 0.0224. The highest BCUT2D eigenvalue weighted by atomic mass is 32.2. The molecular weight excluding hydrogens is 272 g/mol. The summed E-state index contributed by atoms with van der Waals surface area (Å²) >= 11 is 1.23. The Morgan fingerprint density at radius 2 is 1.95 bits per heavy atom. The van der Waals surface area contributed by atoms with Gasteiger partial charge in [0, 0.05) is 12.1 Å². The molecule has 1 aromatic carbocycles. The quantitative estimate of drug-likeness (QED) is 0.654. The summed E-state index contributed by atoms with van der Waals surface area (Å²) in [6.45, 7) is 1.90. The summed E-state index contributed by atoms with van der Waals surface area (Å²) in [6.07, 6.45) is 1.64. The second-order valence-corrected chi connectivity index (χ2v) is 5.43. The molecule has 0 atom stereocenters. The van der Waals surface area contributed by atoms with Gasteiger partial charge in [0.05, 0.1) is 5.75 Å². The van der Waals surface area contributed by atoms with Gasteiger partial charge in [0.15, 0.2) is 0 Å². The van der Waals surface area contributed by atoms with Crippen LogP contribution >= 0.6 is 11.8 Å². The van der Waals surface area contributed by atoms with Gasteiger partial charge >= 0.3 is 5.97 Å². The van der Waals surface area contributed by atoms with Gasteiger partial charge in [-0.05, 0) is 25.0 Å². The monoisotopic (exact) mass is 288 g/mol. The van der Waals surface area contributed by atoms with Gasteiger partial charge in [0.2, 0.25) is 0 Å². The molecule has 0 aliphatic carbocycles. The van der Waals surface area contributed by atoms with Crippen LogP contribution in [0.2, 0.25) is 0 Å². The molecule has 1 heterocycles. The summed E-state index contributed by atoms with van der Waals surface area (Å²) in [5.74, 6) is -0.0481. The molecule has 0 spiro atoms. The molecule has 0 aliphatic rings. The number of aryl methyl sites for hydroxylation is 3. The summed E-state index contributed by atoms with van der Waals surface area (Å²) in [7, 11) is 0. The van der Waals surface area contributed by atoms with Crippen molar-refractivity contribution in [3.8, 4) is 0 Å². The number of rotatable bonds is 6. The zero-order valence-corrected chi connectivity index (χ0v) is 12.1. The molecule has 0 fully saturated rings. The average molecular weight is 288 g/mol. The van der Waals surface area contributed by atoms with Crippen molar-refractivity contribution in [2.45, 2.75) is 24.8 Å². The number of benzene rings is 1. The van der Waals surface area contributed by atoms with Gasteiger partial charge in [-0.2, -0.15) is 0 Å². The van der Waals surface area contributed by atoms with E-state index in [0.29, 0.717) is 0 Å². The van der Waals surface area contributed by atoms with Crippen LogP contribution in [0, 0.1) is 6.92 Å². The molecule has 20 heavy (non-hydrogen) atoms. The average Bonchev–Trinajstić information content (AvgIpc) is 2.44. The summed E-state index contributed by atoms with van der Waals surface area (Å²) in [5.41, 5.74) is 2.12. The number of carbonyl (C=O) groups is 1. The molecule has 0 bridgehead atoms. The third kappa shape index (κ3) is 4.66. The van der Waals surface area contributed by atoms with E-state index >= 15 is 0 Å². The lowest BCUT2D eigenvalue weighted by Crippen LogP contribution is -2.03. The smallest absolute Gasteiger partial charge is 0.313 e. The Morgan fingerprint density at radius 1 is 1.20 bits per heavy atom. The molecule has 1 N–H and O–H groups in total. The molecule has 1 aromatic heterocycles. The Bertz CT molecular complexity index is 588. The number of carboxylic acids is 1. The fourth-order valence-corrected chi connectivity index (χ4v) is 2.52. The van der Waals surface area contributed by atoms with Gasteiger partial charge in [-0.3, -0.25) is 4.79 Å². The van der Waals surface area contributed by atoms with Crippen LogP contribution in [0.5, 0.6) is 0 Å². The highest BCUT2D eigenvalue weighted by Gasteiger charge is 2.06. The van der Waals surface area contributed by atoms with E-state index in [9.17, 15) is 4.79 Å². The van der Waals surface area contributed by atoms with E-state index in [1.54, 1.807) is 0 Å². The van der Waals surface area contributed by atoms with Crippen LogP contribution in [-0.2, 0) is 17.6 Å². The topological polar surface area (TPSA) is 63.1 Å². The lowest BCUT2D eigenvalue weighted by atomic mass is 10.1. The van der Waals surface area contributed by atoms with E-state index in [0.717, 1.165) is 29.4 Å². The van der Waals surface area contributed by atoms with E-state index in [1.807, 2.05) is 31.2 Å². The van der Waals surface area contributed by atoms with Crippen LogP contribution in [0.15, 0.2) is 41.4 Å². The Balaban J connectivity index is 2.02. The van der Waals surface area contributed by atoms with Gasteiger partial charge in [-0.1, -0.05) is 42.1 Å². The fourth-order valence-electron chi connectivity index (χ4n) is 1.82. The molecule has 0 aliphatic heterocycles. The molecule has 0 unspecified atom stereocenters. The minimum atomic E-state index is -0.836. The Labute approximate surface area is 122 Å². The fraction of sp³-hybridized carbons (Fsp3) is 0.267. The van der Waals surface area contributed by atoms with E-state index in [4.69, 9.17) is 5.11 Å². The molecule has 104 valence electrons. The summed E-state index contributed by atoms with van der Waals surface area (Å²) in [6, 6.07) is 12.0. The van der Waals surface area contributed by atoms with Crippen molar-refractivity contribution in [2.75, 3.05) is 5.75 Å². The van der Waals surface area contributed by atoms with Gasteiger partial charge in [0.25, 0.3) is 0 Å². The van der Waals surface area contributed by atoms with E-state index in [1.165, 1.54) is 17.3 Å². The zero-order chi connectivity index (χ0) is 14.4. The van der Waals surface area contributed by atoms with Crippen LogP contribution in [0.1, 0.15) is 17.1 Å². The van der Waals surface area contributed by atoms with Crippen molar-refractivity contribution in [3.05, 3.63) is 53.5 Å². The van der Waals surface area contributed by atoms with E-state index in [-0.39, 0.29) is 5.75 Å². The molecular formula is C15H16N2O2S. The predicted molar refractivity (Wildman–Crippen MR) is 79.0 cm³/mol. The first-order chi connectivity index (χ1) is 9.63. The first-order valence-electron chi connectivity index (χ1n) is 6.36. The number of aliphatic carboxylic acids is 1. The maximum Gasteiger partial charge on any atom is 0.313 e. The SMILES string of the molecule is Cc1cc(SCC(=O)O)nc(CCc2ccccc2)n1. The van der Waals surface area contributed by atoms with Gasteiger partial charge < -0.3 is 5.11 Å². The normalized spacial score (nSPS) is 10.4. The van der Waals surface area contributed by atoms with Crippen molar-refractivity contribution in [2.24, 2.45) is 0 Å². The van der Waals surface area contributed by atoms with Gasteiger partial charge in [-0.25, -0.2) is 9.97 Å². The van der Waals surface area contributed by atoms with Crippen LogP contribution in [-0.4, -0.2) is 26.8 Å². The molecule has 0 radical (unpaired) electrons. The van der Waals surface area contributed by atoms with Gasteiger partial charge in [0.1, 0.15) is 10.9 Å². The number of carboxylic acid groups (broad SMARTS) is 1. The molecule has 2 rings (SSSR count). The minimum Gasteiger partial charge on any atom is -0.481 e.